The predicted molar refractivity (Wildman–Crippen MR) is 74.8 cm³/mol. The maximum atomic E-state index is 8.86. The summed E-state index contributed by atoms with van der Waals surface area (Å²) in [5.74, 6) is 0. The minimum Gasteiger partial charge on any atom is -0.383 e. The first-order chi connectivity index (χ1) is 9.31. The summed E-state index contributed by atoms with van der Waals surface area (Å²) in [4.78, 5) is 2.28. The first-order valence-electron chi connectivity index (χ1n) is 6.45. The Morgan fingerprint density at radius 1 is 1.05 bits per heavy atom. The molecule has 4 heteroatoms. The van der Waals surface area contributed by atoms with Crippen LogP contribution in [0.4, 0.5) is 0 Å². The largest absolute Gasteiger partial charge is 0.383 e. The summed E-state index contributed by atoms with van der Waals surface area (Å²) in [7, 11) is 3.41. The summed E-state index contributed by atoms with van der Waals surface area (Å²) in [6.45, 7) is 3.94. The van der Waals surface area contributed by atoms with Gasteiger partial charge in [-0.05, 0) is 11.1 Å². The average molecular weight is 262 g/mol. The summed E-state index contributed by atoms with van der Waals surface area (Å²) in [5, 5.41) is 8.86. The normalized spacial score (nSPS) is 10.6. The molecule has 0 fully saturated rings. The Bertz CT molecular complexity index is 393. The molecule has 4 nitrogen and oxygen atoms in total. The quantitative estimate of drug-likeness (QED) is 0.681. The highest BCUT2D eigenvalue weighted by Gasteiger charge is 2.08. The summed E-state index contributed by atoms with van der Waals surface area (Å²) >= 11 is 0. The number of rotatable bonds is 9. The van der Waals surface area contributed by atoms with Crippen LogP contribution in [-0.4, -0.2) is 45.4 Å². The van der Waals surface area contributed by atoms with Crippen molar-refractivity contribution in [2.45, 2.75) is 13.0 Å². The molecule has 0 N–H and O–H groups in total. The van der Waals surface area contributed by atoms with Crippen molar-refractivity contribution in [1.82, 2.24) is 4.90 Å². The number of benzene rings is 1. The SMILES string of the molecule is COCCN(CCOC)Cc1ccccc1CC#N. The van der Waals surface area contributed by atoms with Gasteiger partial charge in [-0.3, -0.25) is 4.90 Å². The maximum Gasteiger partial charge on any atom is 0.0669 e. The van der Waals surface area contributed by atoms with Crippen molar-refractivity contribution in [3.63, 3.8) is 0 Å². The zero-order valence-corrected chi connectivity index (χ0v) is 11.8. The number of methoxy groups -OCH3 is 2. The number of nitriles is 1. The van der Waals surface area contributed by atoms with E-state index in [0.717, 1.165) is 25.2 Å². The molecule has 0 unspecified atom stereocenters. The van der Waals surface area contributed by atoms with E-state index in [1.807, 2.05) is 18.2 Å². The second kappa shape index (κ2) is 9.51. The van der Waals surface area contributed by atoms with Gasteiger partial charge < -0.3 is 9.47 Å². The van der Waals surface area contributed by atoms with Crippen molar-refractivity contribution in [2.24, 2.45) is 0 Å². The van der Waals surface area contributed by atoms with Crippen LogP contribution in [0.15, 0.2) is 24.3 Å². The highest BCUT2D eigenvalue weighted by atomic mass is 16.5. The number of ether oxygens (including phenoxy) is 2. The molecule has 0 spiro atoms. The lowest BCUT2D eigenvalue weighted by Crippen LogP contribution is -2.30. The molecule has 1 aromatic rings. The molecule has 0 aliphatic heterocycles. The molecule has 0 saturated heterocycles. The Morgan fingerprint density at radius 2 is 1.63 bits per heavy atom. The maximum absolute atomic E-state index is 8.86. The number of hydrogen-bond donors (Lipinski definition) is 0. The number of nitrogens with zero attached hydrogens (tertiary/aromatic N) is 2. The van der Waals surface area contributed by atoms with E-state index in [1.54, 1.807) is 14.2 Å². The third-order valence-electron chi connectivity index (χ3n) is 3.01. The van der Waals surface area contributed by atoms with Crippen LogP contribution < -0.4 is 0 Å². The molecule has 0 amide bonds. The van der Waals surface area contributed by atoms with E-state index in [9.17, 15) is 0 Å². The van der Waals surface area contributed by atoms with Crippen LogP contribution in [0.5, 0.6) is 0 Å². The van der Waals surface area contributed by atoms with Crippen LogP contribution in [0.1, 0.15) is 11.1 Å². The molecule has 0 heterocycles. The topological polar surface area (TPSA) is 45.5 Å². The third-order valence-corrected chi connectivity index (χ3v) is 3.01. The zero-order chi connectivity index (χ0) is 13.9. The molecule has 1 rings (SSSR count). The second-order valence-corrected chi connectivity index (χ2v) is 4.37. The van der Waals surface area contributed by atoms with Crippen molar-refractivity contribution in [3.05, 3.63) is 35.4 Å². The van der Waals surface area contributed by atoms with Gasteiger partial charge in [0.05, 0.1) is 25.7 Å². The van der Waals surface area contributed by atoms with Gasteiger partial charge in [0.15, 0.2) is 0 Å². The molecule has 0 aliphatic rings. The molecule has 1 aromatic carbocycles. The fourth-order valence-electron chi connectivity index (χ4n) is 1.92. The highest BCUT2D eigenvalue weighted by Crippen LogP contribution is 2.12. The van der Waals surface area contributed by atoms with Crippen molar-refractivity contribution in [3.8, 4) is 6.07 Å². The van der Waals surface area contributed by atoms with E-state index in [1.165, 1.54) is 5.56 Å². The monoisotopic (exact) mass is 262 g/mol. The highest BCUT2D eigenvalue weighted by molar-refractivity contribution is 5.29. The minimum absolute atomic E-state index is 0.457. The minimum atomic E-state index is 0.457. The lowest BCUT2D eigenvalue weighted by molar-refractivity contribution is 0.110. The predicted octanol–water partition coefficient (Wildman–Crippen LogP) is 1.85. The molecule has 19 heavy (non-hydrogen) atoms. The molecule has 0 saturated carbocycles. The van der Waals surface area contributed by atoms with Crippen LogP contribution >= 0.6 is 0 Å². The molecular weight excluding hydrogens is 240 g/mol. The molecule has 0 aliphatic carbocycles. The Balaban J connectivity index is 2.68. The standard InChI is InChI=1S/C15H22N2O2/c1-18-11-9-17(10-12-19-2)13-15-6-4-3-5-14(15)7-8-16/h3-6H,7,9-13H2,1-2H3. The zero-order valence-electron chi connectivity index (χ0n) is 11.8. The Labute approximate surface area is 115 Å². The van der Waals surface area contributed by atoms with Crippen molar-refractivity contribution in [1.29, 1.82) is 5.26 Å². The first-order valence-corrected chi connectivity index (χ1v) is 6.45. The average Bonchev–Trinajstić information content (AvgIpc) is 2.44. The van der Waals surface area contributed by atoms with E-state index in [0.29, 0.717) is 19.6 Å². The first kappa shape index (κ1) is 15.6. The summed E-state index contributed by atoms with van der Waals surface area (Å²) < 4.78 is 10.3. The molecule has 0 radical (unpaired) electrons. The molecule has 104 valence electrons. The molecular formula is C15H22N2O2. The van der Waals surface area contributed by atoms with E-state index in [2.05, 4.69) is 17.0 Å². The van der Waals surface area contributed by atoms with Gasteiger partial charge in [-0.25, -0.2) is 0 Å². The fourth-order valence-corrected chi connectivity index (χ4v) is 1.92. The number of hydrogen-bond acceptors (Lipinski definition) is 4. The molecule has 0 bridgehead atoms. The summed E-state index contributed by atoms with van der Waals surface area (Å²) in [6.07, 6.45) is 0.457. The van der Waals surface area contributed by atoms with E-state index < -0.39 is 0 Å². The second-order valence-electron chi connectivity index (χ2n) is 4.37. The van der Waals surface area contributed by atoms with Crippen molar-refractivity contribution >= 4 is 0 Å². The van der Waals surface area contributed by atoms with E-state index in [-0.39, 0.29) is 0 Å². The Kier molecular flexibility index (Phi) is 7.83. The van der Waals surface area contributed by atoms with Gasteiger partial charge in [-0.1, -0.05) is 24.3 Å². The van der Waals surface area contributed by atoms with Crippen molar-refractivity contribution < 1.29 is 9.47 Å². The molecule has 0 atom stereocenters. The van der Waals surface area contributed by atoms with Crippen LogP contribution in [0.3, 0.4) is 0 Å². The summed E-state index contributed by atoms with van der Waals surface area (Å²) in [6, 6.07) is 10.3. The summed E-state index contributed by atoms with van der Waals surface area (Å²) in [5.41, 5.74) is 2.31. The van der Waals surface area contributed by atoms with Crippen LogP contribution in [0.2, 0.25) is 0 Å². The fraction of sp³-hybridized carbons (Fsp3) is 0.533. The Hall–Kier alpha value is -1.41. The lowest BCUT2D eigenvalue weighted by Gasteiger charge is -2.22. The van der Waals surface area contributed by atoms with Gasteiger partial charge in [0.25, 0.3) is 0 Å². The van der Waals surface area contributed by atoms with Crippen LogP contribution in [-0.2, 0) is 22.4 Å². The van der Waals surface area contributed by atoms with Gasteiger partial charge in [-0.2, -0.15) is 5.26 Å². The van der Waals surface area contributed by atoms with Gasteiger partial charge in [0.1, 0.15) is 0 Å². The van der Waals surface area contributed by atoms with Gasteiger partial charge in [0.2, 0.25) is 0 Å². The molecule has 0 aromatic heterocycles. The van der Waals surface area contributed by atoms with Crippen LogP contribution in [0, 0.1) is 11.3 Å². The van der Waals surface area contributed by atoms with Crippen LogP contribution in [0.25, 0.3) is 0 Å². The van der Waals surface area contributed by atoms with Gasteiger partial charge >= 0.3 is 0 Å². The van der Waals surface area contributed by atoms with Crippen molar-refractivity contribution in [2.75, 3.05) is 40.5 Å². The van der Waals surface area contributed by atoms with E-state index in [4.69, 9.17) is 14.7 Å². The lowest BCUT2D eigenvalue weighted by atomic mass is 10.0. The van der Waals surface area contributed by atoms with Gasteiger partial charge in [-0.15, -0.1) is 0 Å². The van der Waals surface area contributed by atoms with Gasteiger partial charge in [0, 0.05) is 33.9 Å². The van der Waals surface area contributed by atoms with E-state index >= 15 is 0 Å². The smallest absolute Gasteiger partial charge is 0.0669 e. The third kappa shape index (κ3) is 5.84. The Morgan fingerprint density at radius 3 is 2.16 bits per heavy atom.